The fraction of sp³-hybridized carbons (Fsp3) is 0.571. The first-order valence-electron chi connectivity index (χ1n) is 6.92. The minimum absolute atomic E-state index is 0.120. The van der Waals surface area contributed by atoms with Crippen LogP contribution in [0.15, 0.2) is 17.0 Å². The topological polar surface area (TPSA) is 72.2 Å². The second-order valence-electron chi connectivity index (χ2n) is 4.92. The van der Waals surface area contributed by atoms with E-state index in [0.29, 0.717) is 6.54 Å². The van der Waals surface area contributed by atoms with Crippen LogP contribution in [0, 0.1) is 12.7 Å². The Kier molecular flexibility index (Phi) is 7.48. The maximum absolute atomic E-state index is 13.6. The van der Waals surface area contributed by atoms with Gasteiger partial charge in [-0.05, 0) is 43.9 Å². The second-order valence-corrected chi connectivity index (χ2v) is 7.68. The lowest BCUT2D eigenvalue weighted by atomic mass is 10.2. The number of halogens is 1. The number of benzene rings is 1. The molecular weight excluding hydrogens is 311 g/mol. The second kappa shape index (κ2) is 8.60. The van der Waals surface area contributed by atoms with Gasteiger partial charge in [-0.1, -0.05) is 12.8 Å². The van der Waals surface area contributed by atoms with Crippen LogP contribution in [0.1, 0.15) is 31.2 Å². The zero-order valence-corrected chi connectivity index (χ0v) is 14.1. The Bertz CT molecular complexity index is 539. The van der Waals surface area contributed by atoms with E-state index in [1.54, 1.807) is 0 Å². The fourth-order valence-corrected chi connectivity index (χ4v) is 3.46. The summed E-state index contributed by atoms with van der Waals surface area (Å²) in [5, 5.41) is 0. The van der Waals surface area contributed by atoms with Gasteiger partial charge in [0, 0.05) is 17.8 Å². The average Bonchev–Trinajstić information content (AvgIpc) is 2.43. The largest absolute Gasteiger partial charge is 0.398 e. The number of sulfonamides is 1. The molecule has 0 aliphatic heterocycles. The van der Waals surface area contributed by atoms with Crippen molar-refractivity contribution in [3.8, 4) is 0 Å². The minimum Gasteiger partial charge on any atom is -0.398 e. The van der Waals surface area contributed by atoms with Crippen molar-refractivity contribution in [3.05, 3.63) is 23.5 Å². The van der Waals surface area contributed by atoms with Gasteiger partial charge in [0.25, 0.3) is 0 Å². The number of hydrogen-bond donors (Lipinski definition) is 2. The first-order chi connectivity index (χ1) is 9.88. The quantitative estimate of drug-likeness (QED) is 0.538. The van der Waals surface area contributed by atoms with E-state index < -0.39 is 15.8 Å². The van der Waals surface area contributed by atoms with Gasteiger partial charge in [0.15, 0.2) is 0 Å². The third-order valence-corrected chi connectivity index (χ3v) is 5.37. The van der Waals surface area contributed by atoms with Crippen LogP contribution in [-0.2, 0) is 10.0 Å². The van der Waals surface area contributed by atoms with Crippen LogP contribution in [-0.4, -0.2) is 27.0 Å². The number of nitrogens with one attached hydrogen (secondary N) is 1. The molecule has 0 aliphatic rings. The van der Waals surface area contributed by atoms with E-state index in [0.717, 1.165) is 37.5 Å². The first-order valence-corrected chi connectivity index (χ1v) is 9.80. The van der Waals surface area contributed by atoms with Crippen LogP contribution < -0.4 is 10.5 Å². The smallest absolute Gasteiger partial charge is 0.240 e. The molecule has 1 aromatic carbocycles. The van der Waals surface area contributed by atoms with Crippen molar-refractivity contribution in [2.45, 2.75) is 37.5 Å². The Balaban J connectivity index is 2.51. The molecule has 0 amide bonds. The summed E-state index contributed by atoms with van der Waals surface area (Å²) in [7, 11) is -3.69. The van der Waals surface area contributed by atoms with Gasteiger partial charge in [-0.2, -0.15) is 11.8 Å². The summed E-state index contributed by atoms with van der Waals surface area (Å²) in [6, 6.07) is 2.30. The van der Waals surface area contributed by atoms with Crippen molar-refractivity contribution in [2.24, 2.45) is 0 Å². The summed E-state index contributed by atoms with van der Waals surface area (Å²) in [5.74, 6) is 0.528. The van der Waals surface area contributed by atoms with Crippen LogP contribution in [0.3, 0.4) is 0 Å². The lowest BCUT2D eigenvalue weighted by molar-refractivity contribution is 0.570. The van der Waals surface area contributed by atoms with Gasteiger partial charge in [0.05, 0.1) is 4.90 Å². The molecule has 0 unspecified atom stereocenters. The van der Waals surface area contributed by atoms with Crippen molar-refractivity contribution in [1.82, 2.24) is 4.72 Å². The number of hydrogen-bond acceptors (Lipinski definition) is 4. The van der Waals surface area contributed by atoms with E-state index in [2.05, 4.69) is 11.0 Å². The zero-order chi connectivity index (χ0) is 15.9. The summed E-state index contributed by atoms with van der Waals surface area (Å²) in [4.78, 5) is -0.120. The van der Waals surface area contributed by atoms with E-state index in [9.17, 15) is 12.8 Å². The fourth-order valence-electron chi connectivity index (χ4n) is 1.84. The normalized spacial score (nSPS) is 11.8. The third-order valence-electron chi connectivity index (χ3n) is 3.24. The van der Waals surface area contributed by atoms with Gasteiger partial charge >= 0.3 is 0 Å². The molecule has 1 aromatic rings. The van der Waals surface area contributed by atoms with Crippen molar-refractivity contribution in [1.29, 1.82) is 0 Å². The molecule has 0 bridgehead atoms. The standard InChI is InChI=1S/C14H23FN2O2S2/c1-11-13(15)9-12(10-14(11)16)21(18,19)17-7-5-3-4-6-8-20-2/h9-10,17H,3-8,16H2,1-2H3. The van der Waals surface area contributed by atoms with Gasteiger partial charge in [-0.25, -0.2) is 17.5 Å². The van der Waals surface area contributed by atoms with Gasteiger partial charge in [-0.3, -0.25) is 0 Å². The van der Waals surface area contributed by atoms with Gasteiger partial charge in [0.1, 0.15) is 5.82 Å². The number of thioether (sulfide) groups is 1. The van der Waals surface area contributed by atoms with Crippen molar-refractivity contribution in [2.75, 3.05) is 24.3 Å². The van der Waals surface area contributed by atoms with E-state index in [4.69, 9.17) is 5.73 Å². The number of unbranched alkanes of at least 4 members (excludes halogenated alkanes) is 3. The highest BCUT2D eigenvalue weighted by molar-refractivity contribution is 7.98. The highest BCUT2D eigenvalue weighted by Gasteiger charge is 2.16. The molecule has 7 heteroatoms. The molecule has 0 fully saturated rings. The summed E-state index contributed by atoms with van der Waals surface area (Å²) < 4.78 is 40.1. The maximum Gasteiger partial charge on any atom is 0.240 e. The van der Waals surface area contributed by atoms with Crippen molar-refractivity contribution in [3.63, 3.8) is 0 Å². The number of nitrogens with two attached hydrogens (primary N) is 1. The molecule has 3 N–H and O–H groups in total. The van der Waals surface area contributed by atoms with Crippen LogP contribution in [0.5, 0.6) is 0 Å². The molecule has 0 heterocycles. The zero-order valence-electron chi connectivity index (χ0n) is 12.5. The van der Waals surface area contributed by atoms with Gasteiger partial charge < -0.3 is 5.73 Å². The Hall–Kier alpha value is -0.790. The summed E-state index contributed by atoms with van der Waals surface area (Å²) in [5.41, 5.74) is 6.02. The van der Waals surface area contributed by atoms with Gasteiger partial charge in [0.2, 0.25) is 10.0 Å². The first kappa shape index (κ1) is 18.3. The predicted molar refractivity (Wildman–Crippen MR) is 87.6 cm³/mol. The molecule has 0 radical (unpaired) electrons. The maximum atomic E-state index is 13.6. The minimum atomic E-state index is -3.69. The molecular formula is C14H23FN2O2S2. The van der Waals surface area contributed by atoms with Crippen LogP contribution in [0.25, 0.3) is 0 Å². The summed E-state index contributed by atoms with van der Waals surface area (Å²) in [6.45, 7) is 1.88. The molecule has 1 rings (SSSR count). The summed E-state index contributed by atoms with van der Waals surface area (Å²) in [6.07, 6.45) is 6.06. The SMILES string of the molecule is CSCCCCCCNS(=O)(=O)c1cc(N)c(C)c(F)c1. The molecule has 0 aliphatic carbocycles. The van der Waals surface area contributed by atoms with Crippen LogP contribution in [0.2, 0.25) is 0 Å². The molecule has 0 atom stereocenters. The third kappa shape index (κ3) is 5.84. The molecule has 120 valence electrons. The highest BCUT2D eigenvalue weighted by atomic mass is 32.2. The average molecular weight is 334 g/mol. The Morgan fingerprint density at radius 3 is 2.52 bits per heavy atom. The van der Waals surface area contributed by atoms with E-state index >= 15 is 0 Å². The highest BCUT2D eigenvalue weighted by Crippen LogP contribution is 2.20. The Labute approximate surface area is 130 Å². The molecule has 0 saturated carbocycles. The monoisotopic (exact) mass is 334 g/mol. The molecule has 0 aromatic heterocycles. The summed E-state index contributed by atoms with van der Waals surface area (Å²) >= 11 is 1.81. The van der Waals surface area contributed by atoms with E-state index in [1.165, 1.54) is 13.0 Å². The molecule has 4 nitrogen and oxygen atoms in total. The molecule has 0 saturated heterocycles. The lowest BCUT2D eigenvalue weighted by Crippen LogP contribution is -2.25. The number of anilines is 1. The Morgan fingerprint density at radius 2 is 1.90 bits per heavy atom. The predicted octanol–water partition coefficient (Wildman–Crippen LogP) is 2.92. The van der Waals surface area contributed by atoms with E-state index in [1.807, 2.05) is 11.8 Å². The molecule has 21 heavy (non-hydrogen) atoms. The van der Waals surface area contributed by atoms with Crippen molar-refractivity contribution < 1.29 is 12.8 Å². The number of nitrogen functional groups attached to an aromatic ring is 1. The lowest BCUT2D eigenvalue weighted by Gasteiger charge is -2.09. The molecule has 0 spiro atoms. The van der Waals surface area contributed by atoms with Gasteiger partial charge in [-0.15, -0.1) is 0 Å². The van der Waals surface area contributed by atoms with Crippen LogP contribution >= 0.6 is 11.8 Å². The van der Waals surface area contributed by atoms with Crippen LogP contribution in [0.4, 0.5) is 10.1 Å². The Morgan fingerprint density at radius 1 is 1.24 bits per heavy atom. The van der Waals surface area contributed by atoms with E-state index in [-0.39, 0.29) is 16.1 Å². The number of rotatable bonds is 9. The van der Waals surface area contributed by atoms with Crippen molar-refractivity contribution >= 4 is 27.5 Å².